The number of aromatic nitrogens is 2. The van der Waals surface area contributed by atoms with Gasteiger partial charge in [0, 0.05) is 12.6 Å². The largest absolute Gasteiger partial charge is 0.338 e. The number of nitrogens with zero attached hydrogens (tertiary/aromatic N) is 3. The van der Waals surface area contributed by atoms with Crippen LogP contribution in [0.15, 0.2) is 29.3 Å². The SMILES string of the molecule is Cc1cccc2c(=O)n(CC(=O)N3CCCCC3C)cnc12. The first-order valence-corrected chi connectivity index (χ1v) is 7.82. The molecular weight excluding hydrogens is 278 g/mol. The number of para-hydroxylation sites is 1. The van der Waals surface area contributed by atoms with E-state index in [1.54, 1.807) is 6.07 Å². The molecule has 0 spiro atoms. The monoisotopic (exact) mass is 299 g/mol. The molecule has 0 radical (unpaired) electrons. The van der Waals surface area contributed by atoms with Crippen molar-refractivity contribution in [2.75, 3.05) is 6.54 Å². The molecule has 1 aromatic heterocycles. The van der Waals surface area contributed by atoms with Crippen molar-refractivity contribution < 1.29 is 4.79 Å². The molecule has 1 atom stereocenters. The molecule has 2 heterocycles. The van der Waals surface area contributed by atoms with Gasteiger partial charge >= 0.3 is 0 Å². The zero-order valence-electron chi connectivity index (χ0n) is 13.1. The maximum Gasteiger partial charge on any atom is 0.261 e. The van der Waals surface area contributed by atoms with E-state index in [1.165, 1.54) is 17.3 Å². The van der Waals surface area contributed by atoms with Gasteiger partial charge in [-0.15, -0.1) is 0 Å². The normalized spacial score (nSPS) is 18.6. The van der Waals surface area contributed by atoms with E-state index in [-0.39, 0.29) is 24.1 Å². The fraction of sp³-hybridized carbons (Fsp3) is 0.471. The lowest BCUT2D eigenvalue weighted by molar-refractivity contribution is -0.135. The van der Waals surface area contributed by atoms with Crippen LogP contribution in [0.25, 0.3) is 10.9 Å². The van der Waals surface area contributed by atoms with Gasteiger partial charge in [0.05, 0.1) is 17.2 Å². The second-order valence-corrected chi connectivity index (χ2v) is 6.08. The molecule has 1 saturated heterocycles. The number of piperidine rings is 1. The molecule has 5 heteroatoms. The number of rotatable bonds is 2. The van der Waals surface area contributed by atoms with Gasteiger partial charge < -0.3 is 4.90 Å². The van der Waals surface area contributed by atoms with E-state index in [0.29, 0.717) is 10.9 Å². The maximum absolute atomic E-state index is 12.5. The number of carbonyl (C=O) groups excluding carboxylic acids is 1. The summed E-state index contributed by atoms with van der Waals surface area (Å²) in [5, 5.41) is 0.571. The first-order chi connectivity index (χ1) is 10.6. The van der Waals surface area contributed by atoms with Crippen molar-refractivity contribution in [1.82, 2.24) is 14.5 Å². The predicted octanol–water partition coefficient (Wildman–Crippen LogP) is 2.11. The van der Waals surface area contributed by atoms with Gasteiger partial charge in [-0.25, -0.2) is 4.98 Å². The van der Waals surface area contributed by atoms with Gasteiger partial charge in [-0.05, 0) is 44.7 Å². The number of hydrogen-bond acceptors (Lipinski definition) is 3. The van der Waals surface area contributed by atoms with Gasteiger partial charge in [0.15, 0.2) is 0 Å². The average molecular weight is 299 g/mol. The summed E-state index contributed by atoms with van der Waals surface area (Å²) in [6.45, 7) is 4.86. The van der Waals surface area contributed by atoms with Crippen LogP contribution in [0.4, 0.5) is 0 Å². The summed E-state index contributed by atoms with van der Waals surface area (Å²) in [7, 11) is 0. The van der Waals surface area contributed by atoms with Crippen molar-refractivity contribution in [1.29, 1.82) is 0 Å². The second kappa shape index (κ2) is 5.91. The van der Waals surface area contributed by atoms with E-state index >= 15 is 0 Å². The highest BCUT2D eigenvalue weighted by atomic mass is 16.2. The Balaban J connectivity index is 1.89. The summed E-state index contributed by atoms with van der Waals surface area (Å²) >= 11 is 0. The van der Waals surface area contributed by atoms with Crippen molar-refractivity contribution in [3.8, 4) is 0 Å². The van der Waals surface area contributed by atoms with E-state index in [4.69, 9.17) is 0 Å². The van der Waals surface area contributed by atoms with Crippen LogP contribution in [0.3, 0.4) is 0 Å². The van der Waals surface area contributed by atoms with Crippen LogP contribution in [0, 0.1) is 6.92 Å². The van der Waals surface area contributed by atoms with Crippen LogP contribution in [0.1, 0.15) is 31.7 Å². The Morgan fingerprint density at radius 2 is 2.18 bits per heavy atom. The molecule has 1 aliphatic rings. The highest BCUT2D eigenvalue weighted by molar-refractivity contribution is 5.81. The zero-order chi connectivity index (χ0) is 15.7. The number of likely N-dealkylation sites (tertiary alicyclic amines) is 1. The Bertz CT molecular complexity index is 766. The summed E-state index contributed by atoms with van der Waals surface area (Å²) < 4.78 is 1.42. The molecule has 22 heavy (non-hydrogen) atoms. The Kier molecular flexibility index (Phi) is 3.96. The number of hydrogen-bond donors (Lipinski definition) is 0. The van der Waals surface area contributed by atoms with Gasteiger partial charge in [-0.3, -0.25) is 14.2 Å². The minimum atomic E-state index is -0.147. The summed E-state index contributed by atoms with van der Waals surface area (Å²) in [6.07, 6.45) is 4.74. The lowest BCUT2D eigenvalue weighted by atomic mass is 10.0. The molecule has 1 unspecified atom stereocenters. The molecule has 0 bridgehead atoms. The van der Waals surface area contributed by atoms with Crippen LogP contribution < -0.4 is 5.56 Å². The van der Waals surface area contributed by atoms with E-state index in [1.807, 2.05) is 24.0 Å². The fourth-order valence-electron chi connectivity index (χ4n) is 3.16. The molecule has 5 nitrogen and oxygen atoms in total. The maximum atomic E-state index is 12.5. The van der Waals surface area contributed by atoms with Gasteiger partial charge in [-0.2, -0.15) is 0 Å². The number of fused-ring (bicyclic) bond motifs is 1. The highest BCUT2D eigenvalue weighted by Gasteiger charge is 2.23. The third kappa shape index (κ3) is 2.63. The molecule has 2 aromatic rings. The molecule has 1 aromatic carbocycles. The standard InChI is InChI=1S/C17H21N3O2/c1-12-6-5-8-14-16(12)18-11-19(17(14)22)10-15(21)20-9-4-3-7-13(20)2/h5-6,8,11,13H,3-4,7,9-10H2,1-2H3. The molecule has 0 saturated carbocycles. The van der Waals surface area contributed by atoms with E-state index < -0.39 is 0 Å². The number of carbonyl (C=O) groups is 1. The van der Waals surface area contributed by atoms with Crippen molar-refractivity contribution in [2.45, 2.75) is 45.7 Å². The van der Waals surface area contributed by atoms with Crippen LogP contribution in [-0.2, 0) is 11.3 Å². The van der Waals surface area contributed by atoms with Gasteiger partial charge in [0.2, 0.25) is 5.91 Å². The van der Waals surface area contributed by atoms with E-state index in [9.17, 15) is 9.59 Å². The van der Waals surface area contributed by atoms with Gasteiger partial charge in [0.1, 0.15) is 6.54 Å². The Morgan fingerprint density at radius 3 is 2.95 bits per heavy atom. The summed E-state index contributed by atoms with van der Waals surface area (Å²) in [4.78, 5) is 31.2. The van der Waals surface area contributed by atoms with Crippen LogP contribution in [-0.4, -0.2) is 32.9 Å². The molecule has 1 fully saturated rings. The molecule has 116 valence electrons. The van der Waals surface area contributed by atoms with Crippen molar-refractivity contribution in [2.24, 2.45) is 0 Å². The molecule has 0 N–H and O–H groups in total. The molecular formula is C17H21N3O2. The molecule has 1 amide bonds. The second-order valence-electron chi connectivity index (χ2n) is 6.08. The number of amides is 1. The zero-order valence-corrected chi connectivity index (χ0v) is 13.1. The van der Waals surface area contributed by atoms with Crippen molar-refractivity contribution >= 4 is 16.8 Å². The lowest BCUT2D eigenvalue weighted by Crippen LogP contribution is -2.44. The lowest BCUT2D eigenvalue weighted by Gasteiger charge is -2.33. The Morgan fingerprint density at radius 1 is 1.36 bits per heavy atom. The average Bonchev–Trinajstić information content (AvgIpc) is 2.51. The third-order valence-corrected chi connectivity index (χ3v) is 4.48. The van der Waals surface area contributed by atoms with Crippen LogP contribution in [0.5, 0.6) is 0 Å². The summed E-state index contributed by atoms with van der Waals surface area (Å²) in [6, 6.07) is 5.80. The molecule has 3 rings (SSSR count). The van der Waals surface area contributed by atoms with E-state index in [0.717, 1.165) is 24.9 Å². The summed E-state index contributed by atoms with van der Waals surface area (Å²) in [5.74, 6) is 0.00287. The number of aryl methyl sites for hydroxylation is 1. The van der Waals surface area contributed by atoms with Crippen molar-refractivity contribution in [3.63, 3.8) is 0 Å². The Labute approximate surface area is 129 Å². The van der Waals surface area contributed by atoms with Gasteiger partial charge in [-0.1, -0.05) is 12.1 Å². The first-order valence-electron chi connectivity index (χ1n) is 7.82. The topological polar surface area (TPSA) is 55.2 Å². The van der Waals surface area contributed by atoms with Crippen LogP contribution >= 0.6 is 0 Å². The number of benzene rings is 1. The highest BCUT2D eigenvalue weighted by Crippen LogP contribution is 2.17. The van der Waals surface area contributed by atoms with Crippen molar-refractivity contribution in [3.05, 3.63) is 40.4 Å². The summed E-state index contributed by atoms with van der Waals surface area (Å²) in [5.41, 5.74) is 1.53. The fourth-order valence-corrected chi connectivity index (χ4v) is 3.16. The first kappa shape index (κ1) is 14.8. The molecule has 1 aliphatic heterocycles. The smallest absolute Gasteiger partial charge is 0.261 e. The third-order valence-electron chi connectivity index (χ3n) is 4.48. The predicted molar refractivity (Wildman–Crippen MR) is 85.8 cm³/mol. The Hall–Kier alpha value is -2.17. The minimum Gasteiger partial charge on any atom is -0.338 e. The van der Waals surface area contributed by atoms with E-state index in [2.05, 4.69) is 11.9 Å². The molecule has 0 aliphatic carbocycles. The quantitative estimate of drug-likeness (QED) is 0.853. The van der Waals surface area contributed by atoms with Gasteiger partial charge in [0.25, 0.3) is 5.56 Å². The van der Waals surface area contributed by atoms with Crippen LogP contribution in [0.2, 0.25) is 0 Å². The minimum absolute atomic E-state index is 0.00287.